The van der Waals surface area contributed by atoms with Gasteiger partial charge in [-0.15, -0.1) is 0 Å². The molecule has 2 aliphatic rings. The molecule has 0 amide bonds. The molecule has 0 bridgehead atoms. The van der Waals surface area contributed by atoms with E-state index in [1.54, 1.807) is 0 Å². The standard InChI is InChI=1S/C15H31N3/c1-16-12-15(8-6-9-15)14(17(2)3)13-7-5-10-18(4)11-13/h13-14,16H,5-12H2,1-4H3. The maximum absolute atomic E-state index is 3.46. The molecular formula is C15H31N3. The van der Waals surface area contributed by atoms with Crippen LogP contribution in [0.2, 0.25) is 0 Å². The first-order valence-corrected chi connectivity index (χ1v) is 7.59. The molecule has 2 atom stereocenters. The molecule has 1 heterocycles. The first-order valence-electron chi connectivity index (χ1n) is 7.59. The van der Waals surface area contributed by atoms with E-state index in [9.17, 15) is 0 Å². The van der Waals surface area contributed by atoms with Gasteiger partial charge in [0.1, 0.15) is 0 Å². The van der Waals surface area contributed by atoms with Crippen LogP contribution in [0.15, 0.2) is 0 Å². The van der Waals surface area contributed by atoms with Crippen LogP contribution in [0.3, 0.4) is 0 Å². The Balaban J connectivity index is 2.11. The number of likely N-dealkylation sites (tertiary alicyclic amines) is 1. The number of hydrogen-bond acceptors (Lipinski definition) is 3. The fraction of sp³-hybridized carbons (Fsp3) is 1.00. The van der Waals surface area contributed by atoms with Crippen LogP contribution < -0.4 is 5.32 Å². The number of piperidine rings is 1. The Morgan fingerprint density at radius 1 is 1.33 bits per heavy atom. The summed E-state index contributed by atoms with van der Waals surface area (Å²) in [6.45, 7) is 3.76. The molecule has 18 heavy (non-hydrogen) atoms. The second-order valence-corrected chi connectivity index (χ2v) is 6.82. The lowest BCUT2D eigenvalue weighted by Crippen LogP contribution is -2.59. The summed E-state index contributed by atoms with van der Waals surface area (Å²) in [4.78, 5) is 5.04. The third kappa shape index (κ3) is 2.73. The van der Waals surface area contributed by atoms with Gasteiger partial charge in [-0.2, -0.15) is 0 Å². The average Bonchev–Trinajstić information content (AvgIpc) is 2.25. The fourth-order valence-electron chi connectivity index (χ4n) is 4.49. The zero-order valence-corrected chi connectivity index (χ0v) is 12.7. The monoisotopic (exact) mass is 253 g/mol. The van der Waals surface area contributed by atoms with E-state index >= 15 is 0 Å². The number of hydrogen-bond donors (Lipinski definition) is 1. The molecule has 1 saturated carbocycles. The molecule has 2 fully saturated rings. The molecule has 3 heteroatoms. The van der Waals surface area contributed by atoms with Crippen LogP contribution in [0.5, 0.6) is 0 Å². The molecule has 0 spiro atoms. The molecular weight excluding hydrogens is 222 g/mol. The van der Waals surface area contributed by atoms with Gasteiger partial charge in [0.15, 0.2) is 0 Å². The lowest BCUT2D eigenvalue weighted by molar-refractivity contribution is -0.0281. The topological polar surface area (TPSA) is 18.5 Å². The Labute approximate surface area is 113 Å². The van der Waals surface area contributed by atoms with Gasteiger partial charge in [0, 0.05) is 19.1 Å². The highest BCUT2D eigenvalue weighted by atomic mass is 15.2. The molecule has 2 unspecified atom stereocenters. The van der Waals surface area contributed by atoms with Gasteiger partial charge in [0.2, 0.25) is 0 Å². The summed E-state index contributed by atoms with van der Waals surface area (Å²) in [7, 11) is 8.97. The Kier molecular flexibility index (Phi) is 4.68. The van der Waals surface area contributed by atoms with Gasteiger partial charge in [-0.25, -0.2) is 0 Å². The Hall–Kier alpha value is -0.120. The minimum atomic E-state index is 0.543. The molecule has 2 rings (SSSR count). The second-order valence-electron chi connectivity index (χ2n) is 6.82. The van der Waals surface area contributed by atoms with Crippen LogP contribution >= 0.6 is 0 Å². The molecule has 0 radical (unpaired) electrons. The molecule has 0 aromatic heterocycles. The zero-order valence-electron chi connectivity index (χ0n) is 12.7. The molecule has 106 valence electrons. The van der Waals surface area contributed by atoms with E-state index in [2.05, 4.69) is 43.3 Å². The number of nitrogens with one attached hydrogen (secondary N) is 1. The quantitative estimate of drug-likeness (QED) is 0.804. The van der Waals surface area contributed by atoms with Crippen molar-refractivity contribution in [3.8, 4) is 0 Å². The Bertz CT molecular complexity index is 260. The van der Waals surface area contributed by atoms with Crippen molar-refractivity contribution in [1.82, 2.24) is 15.1 Å². The van der Waals surface area contributed by atoms with Crippen LogP contribution in [-0.4, -0.2) is 63.7 Å². The minimum Gasteiger partial charge on any atom is -0.319 e. The van der Waals surface area contributed by atoms with Crippen molar-refractivity contribution in [2.75, 3.05) is 47.8 Å². The van der Waals surface area contributed by atoms with Crippen LogP contribution in [0.4, 0.5) is 0 Å². The molecule has 1 aliphatic heterocycles. The van der Waals surface area contributed by atoms with E-state index in [-0.39, 0.29) is 0 Å². The van der Waals surface area contributed by atoms with Gasteiger partial charge in [0.05, 0.1) is 0 Å². The lowest BCUT2D eigenvalue weighted by Gasteiger charge is -2.54. The summed E-state index contributed by atoms with van der Waals surface area (Å²) in [5.41, 5.74) is 0.543. The summed E-state index contributed by atoms with van der Waals surface area (Å²) >= 11 is 0. The van der Waals surface area contributed by atoms with E-state index in [1.807, 2.05) is 0 Å². The fourth-order valence-corrected chi connectivity index (χ4v) is 4.49. The molecule has 1 saturated heterocycles. The van der Waals surface area contributed by atoms with Crippen molar-refractivity contribution in [1.29, 1.82) is 0 Å². The van der Waals surface area contributed by atoms with Crippen LogP contribution in [0.25, 0.3) is 0 Å². The van der Waals surface area contributed by atoms with Crippen molar-refractivity contribution in [3.05, 3.63) is 0 Å². The van der Waals surface area contributed by atoms with Gasteiger partial charge in [-0.3, -0.25) is 0 Å². The lowest BCUT2D eigenvalue weighted by atomic mass is 9.59. The highest BCUT2D eigenvalue weighted by Gasteiger charge is 2.48. The third-order valence-corrected chi connectivity index (χ3v) is 5.17. The average molecular weight is 253 g/mol. The molecule has 3 nitrogen and oxygen atoms in total. The highest BCUT2D eigenvalue weighted by Crippen LogP contribution is 2.48. The van der Waals surface area contributed by atoms with Crippen LogP contribution in [-0.2, 0) is 0 Å². The van der Waals surface area contributed by atoms with Crippen molar-refractivity contribution < 1.29 is 0 Å². The highest BCUT2D eigenvalue weighted by molar-refractivity contribution is 5.02. The Morgan fingerprint density at radius 3 is 2.50 bits per heavy atom. The van der Waals surface area contributed by atoms with E-state index in [0.717, 1.165) is 12.0 Å². The van der Waals surface area contributed by atoms with E-state index in [4.69, 9.17) is 0 Å². The van der Waals surface area contributed by atoms with E-state index in [1.165, 1.54) is 51.7 Å². The minimum absolute atomic E-state index is 0.543. The normalized spacial score (nSPS) is 30.2. The van der Waals surface area contributed by atoms with Gasteiger partial charge in [-0.1, -0.05) is 6.42 Å². The smallest absolute Gasteiger partial charge is 0.0198 e. The van der Waals surface area contributed by atoms with Gasteiger partial charge >= 0.3 is 0 Å². The molecule has 0 aromatic carbocycles. The maximum atomic E-state index is 3.46. The maximum Gasteiger partial charge on any atom is 0.0198 e. The molecule has 1 N–H and O–H groups in total. The largest absolute Gasteiger partial charge is 0.319 e. The summed E-state index contributed by atoms with van der Waals surface area (Å²) in [6, 6.07) is 0.751. The van der Waals surface area contributed by atoms with Crippen molar-refractivity contribution in [3.63, 3.8) is 0 Å². The van der Waals surface area contributed by atoms with E-state index in [0.29, 0.717) is 5.41 Å². The zero-order chi connectivity index (χ0) is 13.2. The van der Waals surface area contributed by atoms with Gasteiger partial charge < -0.3 is 15.1 Å². The first kappa shape index (κ1) is 14.3. The number of rotatable bonds is 5. The summed E-state index contributed by atoms with van der Waals surface area (Å²) in [5, 5.41) is 3.46. The summed E-state index contributed by atoms with van der Waals surface area (Å²) in [6.07, 6.45) is 7.04. The molecule has 1 aliphatic carbocycles. The SMILES string of the molecule is CNCC1(C(C2CCCN(C)C2)N(C)C)CCC1. The number of nitrogens with zero attached hydrogens (tertiary/aromatic N) is 2. The Morgan fingerprint density at radius 2 is 2.06 bits per heavy atom. The first-order chi connectivity index (χ1) is 8.59. The van der Waals surface area contributed by atoms with E-state index < -0.39 is 0 Å². The predicted molar refractivity (Wildman–Crippen MR) is 77.9 cm³/mol. The van der Waals surface area contributed by atoms with Gasteiger partial charge in [0.25, 0.3) is 0 Å². The predicted octanol–water partition coefficient (Wildman–Crippen LogP) is 1.65. The van der Waals surface area contributed by atoms with Crippen LogP contribution in [0.1, 0.15) is 32.1 Å². The molecule has 0 aromatic rings. The summed E-state index contributed by atoms with van der Waals surface area (Å²) < 4.78 is 0. The van der Waals surface area contributed by atoms with Gasteiger partial charge in [-0.05, 0) is 71.8 Å². The van der Waals surface area contributed by atoms with Crippen molar-refractivity contribution >= 4 is 0 Å². The van der Waals surface area contributed by atoms with Crippen molar-refractivity contribution in [2.45, 2.75) is 38.1 Å². The second kappa shape index (κ2) is 5.89. The van der Waals surface area contributed by atoms with Crippen molar-refractivity contribution in [2.24, 2.45) is 11.3 Å². The summed E-state index contributed by atoms with van der Waals surface area (Å²) in [5.74, 6) is 0.854. The third-order valence-electron chi connectivity index (χ3n) is 5.17. The van der Waals surface area contributed by atoms with Crippen LogP contribution in [0, 0.1) is 11.3 Å².